The van der Waals surface area contributed by atoms with E-state index >= 15 is 0 Å². The second-order valence-electron chi connectivity index (χ2n) is 4.69. The number of ether oxygens (including phenoxy) is 1. The number of carbonyl (C=O) groups excluding carboxylic acids is 1. The van der Waals surface area contributed by atoms with E-state index in [1.165, 1.54) is 0 Å². The summed E-state index contributed by atoms with van der Waals surface area (Å²) in [5.41, 5.74) is 7.64. The highest BCUT2D eigenvalue weighted by Crippen LogP contribution is 2.24. The van der Waals surface area contributed by atoms with E-state index in [4.69, 9.17) is 10.5 Å². The van der Waals surface area contributed by atoms with Crippen LogP contribution in [0.4, 0.5) is 5.69 Å². The Morgan fingerprint density at radius 2 is 2.28 bits per heavy atom. The smallest absolute Gasteiger partial charge is 0.271 e. The summed E-state index contributed by atoms with van der Waals surface area (Å²) in [5.74, 6) is -0.151. The Balaban J connectivity index is 2.03. The molecule has 1 amide bonds. The summed E-state index contributed by atoms with van der Waals surface area (Å²) >= 11 is 0. The molecule has 2 rings (SSSR count). The Hall–Kier alpha value is -1.56. The molecule has 1 aliphatic rings. The van der Waals surface area contributed by atoms with Crippen LogP contribution < -0.4 is 11.1 Å². The number of rotatable bonds is 4. The van der Waals surface area contributed by atoms with Crippen LogP contribution in [-0.4, -0.2) is 34.9 Å². The fourth-order valence-corrected chi connectivity index (χ4v) is 2.26. The van der Waals surface area contributed by atoms with E-state index in [0.29, 0.717) is 11.4 Å². The third-order valence-electron chi connectivity index (χ3n) is 3.47. The number of nitrogen functional groups attached to an aromatic ring is 1. The predicted molar refractivity (Wildman–Crippen MR) is 68.3 cm³/mol. The molecule has 0 aliphatic heterocycles. The molecule has 0 bridgehead atoms. The van der Waals surface area contributed by atoms with Crippen molar-refractivity contribution in [3.63, 3.8) is 0 Å². The number of hydrogen-bond acceptors (Lipinski definition) is 4. The number of nitrogens with two attached hydrogens (primary N) is 1. The van der Waals surface area contributed by atoms with Gasteiger partial charge >= 0.3 is 0 Å². The molecule has 100 valence electrons. The molecular formula is C12H20N4O2. The number of nitrogens with zero attached hydrogens (tertiary/aromatic N) is 2. The van der Waals surface area contributed by atoms with E-state index in [1.807, 2.05) is 6.92 Å². The molecule has 6 heteroatoms. The molecule has 0 unspecified atom stereocenters. The molecule has 0 spiro atoms. The minimum Gasteiger partial charge on any atom is -0.395 e. The van der Waals surface area contributed by atoms with Crippen molar-refractivity contribution >= 4 is 11.6 Å². The summed E-state index contributed by atoms with van der Waals surface area (Å²) in [5, 5.41) is 7.19. The largest absolute Gasteiger partial charge is 0.395 e. The lowest BCUT2D eigenvalue weighted by molar-refractivity contribution is 0.0175. The van der Waals surface area contributed by atoms with Crippen molar-refractivity contribution in [3.8, 4) is 0 Å². The zero-order chi connectivity index (χ0) is 13.3. The van der Waals surface area contributed by atoms with Crippen LogP contribution in [0, 0.1) is 0 Å². The fraction of sp³-hybridized carbons (Fsp3) is 0.667. The van der Waals surface area contributed by atoms with Gasteiger partial charge in [0.1, 0.15) is 5.69 Å². The molecule has 1 fully saturated rings. The predicted octanol–water partition coefficient (Wildman–Crippen LogP) is 0.472. The third kappa shape index (κ3) is 2.20. The maximum atomic E-state index is 12.1. The lowest BCUT2D eigenvalue weighted by Crippen LogP contribution is -2.47. The first-order valence-corrected chi connectivity index (χ1v) is 6.21. The Kier molecular flexibility index (Phi) is 3.56. The second-order valence-corrected chi connectivity index (χ2v) is 4.69. The number of carbonyl (C=O) groups is 1. The fourth-order valence-electron chi connectivity index (χ4n) is 2.26. The number of nitrogens with one attached hydrogen (secondary N) is 1. The van der Waals surface area contributed by atoms with Gasteiger partial charge in [-0.05, 0) is 19.3 Å². The van der Waals surface area contributed by atoms with Gasteiger partial charge in [-0.1, -0.05) is 6.92 Å². The third-order valence-corrected chi connectivity index (χ3v) is 3.47. The van der Waals surface area contributed by atoms with Gasteiger partial charge in [-0.25, -0.2) is 0 Å². The molecule has 6 nitrogen and oxygen atoms in total. The zero-order valence-corrected chi connectivity index (χ0v) is 11.1. The summed E-state index contributed by atoms with van der Waals surface area (Å²) in [6.45, 7) is 1.97. The van der Waals surface area contributed by atoms with Gasteiger partial charge in [0.15, 0.2) is 0 Å². The first-order valence-electron chi connectivity index (χ1n) is 6.21. The van der Waals surface area contributed by atoms with Gasteiger partial charge in [-0.15, -0.1) is 0 Å². The molecule has 1 heterocycles. The van der Waals surface area contributed by atoms with Gasteiger partial charge in [0.05, 0.1) is 17.5 Å². The van der Waals surface area contributed by atoms with E-state index in [1.54, 1.807) is 18.8 Å². The second kappa shape index (κ2) is 4.97. The maximum Gasteiger partial charge on any atom is 0.271 e. The van der Waals surface area contributed by atoms with Crippen molar-refractivity contribution in [3.05, 3.63) is 11.4 Å². The van der Waals surface area contributed by atoms with Crippen molar-refractivity contribution in [2.45, 2.75) is 38.3 Å². The van der Waals surface area contributed by atoms with E-state index in [2.05, 4.69) is 10.4 Å². The number of anilines is 1. The highest BCUT2D eigenvalue weighted by molar-refractivity contribution is 5.98. The lowest BCUT2D eigenvalue weighted by atomic mass is 9.89. The zero-order valence-electron chi connectivity index (χ0n) is 11.1. The summed E-state index contributed by atoms with van der Waals surface area (Å²) in [6, 6.07) is 0.182. The Morgan fingerprint density at radius 1 is 1.61 bits per heavy atom. The Bertz CT molecular complexity index is 449. The number of amides is 1. The number of aromatic nitrogens is 2. The SMILES string of the molecule is CCc1nn(C)c(C(=O)NC2CC(OC)C2)c1N. The average Bonchev–Trinajstić information content (AvgIpc) is 2.58. The van der Waals surface area contributed by atoms with Crippen LogP contribution in [0.5, 0.6) is 0 Å². The molecule has 0 saturated heterocycles. The van der Waals surface area contributed by atoms with Crippen molar-refractivity contribution in [2.75, 3.05) is 12.8 Å². The highest BCUT2D eigenvalue weighted by Gasteiger charge is 2.31. The molecule has 1 aliphatic carbocycles. The van der Waals surface area contributed by atoms with Crippen LogP contribution in [0.3, 0.4) is 0 Å². The monoisotopic (exact) mass is 252 g/mol. The van der Waals surface area contributed by atoms with Crippen LogP contribution >= 0.6 is 0 Å². The molecule has 1 aromatic rings. The molecule has 3 N–H and O–H groups in total. The first-order chi connectivity index (χ1) is 8.56. The van der Waals surface area contributed by atoms with E-state index in [0.717, 1.165) is 25.0 Å². The molecule has 0 radical (unpaired) electrons. The topological polar surface area (TPSA) is 82.2 Å². The minimum atomic E-state index is -0.151. The van der Waals surface area contributed by atoms with Crippen LogP contribution in [0.15, 0.2) is 0 Å². The van der Waals surface area contributed by atoms with Gasteiger partial charge in [0, 0.05) is 20.2 Å². The minimum absolute atomic E-state index is 0.151. The van der Waals surface area contributed by atoms with Gasteiger partial charge in [0.25, 0.3) is 5.91 Å². The molecule has 1 aromatic heterocycles. The summed E-state index contributed by atoms with van der Waals surface area (Å²) < 4.78 is 6.73. The van der Waals surface area contributed by atoms with Crippen LogP contribution in [0.2, 0.25) is 0 Å². The van der Waals surface area contributed by atoms with E-state index in [-0.39, 0.29) is 18.1 Å². The lowest BCUT2D eigenvalue weighted by Gasteiger charge is -2.34. The molecule has 1 saturated carbocycles. The highest BCUT2D eigenvalue weighted by atomic mass is 16.5. The summed E-state index contributed by atoms with van der Waals surface area (Å²) in [7, 11) is 3.43. The summed E-state index contributed by atoms with van der Waals surface area (Å²) in [4.78, 5) is 12.1. The maximum absolute atomic E-state index is 12.1. The number of hydrogen-bond donors (Lipinski definition) is 2. The quantitative estimate of drug-likeness (QED) is 0.816. The van der Waals surface area contributed by atoms with Gasteiger partial charge in [-0.2, -0.15) is 5.10 Å². The summed E-state index contributed by atoms with van der Waals surface area (Å²) in [6.07, 6.45) is 2.72. The van der Waals surface area contributed by atoms with Crippen molar-refractivity contribution < 1.29 is 9.53 Å². The number of methoxy groups -OCH3 is 1. The average molecular weight is 252 g/mol. The van der Waals surface area contributed by atoms with Crippen LogP contribution in [-0.2, 0) is 18.2 Å². The van der Waals surface area contributed by atoms with Crippen molar-refractivity contribution in [2.24, 2.45) is 7.05 Å². The Morgan fingerprint density at radius 3 is 2.78 bits per heavy atom. The van der Waals surface area contributed by atoms with Crippen molar-refractivity contribution in [1.82, 2.24) is 15.1 Å². The number of aryl methyl sites for hydroxylation is 2. The van der Waals surface area contributed by atoms with E-state index < -0.39 is 0 Å². The first kappa shape index (κ1) is 12.9. The Labute approximate surface area is 106 Å². The molecule has 0 aromatic carbocycles. The van der Waals surface area contributed by atoms with Crippen LogP contribution in [0.1, 0.15) is 35.9 Å². The molecular weight excluding hydrogens is 232 g/mol. The van der Waals surface area contributed by atoms with E-state index in [9.17, 15) is 4.79 Å². The molecule has 0 atom stereocenters. The standard InChI is InChI=1S/C12H20N4O2/c1-4-9-10(13)11(16(2)15-9)12(17)14-7-5-8(6-7)18-3/h7-8H,4-6,13H2,1-3H3,(H,14,17). The van der Waals surface area contributed by atoms with Crippen molar-refractivity contribution in [1.29, 1.82) is 0 Å². The van der Waals surface area contributed by atoms with Gasteiger partial charge in [-0.3, -0.25) is 9.48 Å². The van der Waals surface area contributed by atoms with Crippen LogP contribution in [0.25, 0.3) is 0 Å². The van der Waals surface area contributed by atoms with Gasteiger partial charge < -0.3 is 15.8 Å². The van der Waals surface area contributed by atoms with Gasteiger partial charge in [0.2, 0.25) is 0 Å². The normalized spacial score (nSPS) is 22.6. The molecule has 18 heavy (non-hydrogen) atoms.